The Labute approximate surface area is 159 Å². The lowest BCUT2D eigenvalue weighted by molar-refractivity contribution is -0.125. The molecule has 0 radical (unpaired) electrons. The SMILES string of the molecule is CCOc1ccc(/C=C/C(=O)N(C)Cc2ccc(SC)cc2)cc1OC. The van der Waals surface area contributed by atoms with Crippen LogP contribution in [0.1, 0.15) is 18.1 Å². The van der Waals surface area contributed by atoms with Crippen molar-refractivity contribution in [2.75, 3.05) is 27.0 Å². The third kappa shape index (κ3) is 5.56. The number of ether oxygens (including phenoxy) is 2. The number of hydrogen-bond donors (Lipinski definition) is 0. The van der Waals surface area contributed by atoms with Crippen molar-refractivity contribution in [3.05, 3.63) is 59.7 Å². The summed E-state index contributed by atoms with van der Waals surface area (Å²) in [4.78, 5) is 15.3. The molecule has 0 aromatic heterocycles. The summed E-state index contributed by atoms with van der Waals surface area (Å²) in [5.74, 6) is 1.31. The predicted octanol–water partition coefficient (Wildman–Crippen LogP) is 4.49. The maximum absolute atomic E-state index is 12.3. The number of hydrogen-bond acceptors (Lipinski definition) is 4. The number of nitrogens with zero attached hydrogens (tertiary/aromatic N) is 1. The molecule has 0 spiro atoms. The molecule has 1 amide bonds. The molecule has 0 N–H and O–H groups in total. The summed E-state index contributed by atoms with van der Waals surface area (Å²) in [7, 11) is 3.40. The molecule has 5 heteroatoms. The van der Waals surface area contributed by atoms with Crippen LogP contribution in [0.3, 0.4) is 0 Å². The van der Waals surface area contributed by atoms with Crippen molar-refractivity contribution in [2.24, 2.45) is 0 Å². The summed E-state index contributed by atoms with van der Waals surface area (Å²) >= 11 is 1.70. The minimum absolute atomic E-state index is 0.0493. The number of rotatable bonds is 8. The van der Waals surface area contributed by atoms with Crippen LogP contribution in [0.5, 0.6) is 11.5 Å². The first-order valence-corrected chi connectivity index (χ1v) is 9.66. The second kappa shape index (κ2) is 9.92. The first kappa shape index (κ1) is 19.9. The Morgan fingerprint density at radius 1 is 1.15 bits per heavy atom. The van der Waals surface area contributed by atoms with Gasteiger partial charge < -0.3 is 14.4 Å². The van der Waals surface area contributed by atoms with Crippen LogP contribution >= 0.6 is 11.8 Å². The first-order chi connectivity index (χ1) is 12.6. The molecule has 4 nitrogen and oxygen atoms in total. The fourth-order valence-corrected chi connectivity index (χ4v) is 2.85. The van der Waals surface area contributed by atoms with E-state index in [4.69, 9.17) is 9.47 Å². The molecule has 2 aromatic rings. The number of carbonyl (C=O) groups is 1. The van der Waals surface area contributed by atoms with Gasteiger partial charge in [-0.05, 0) is 54.6 Å². The Morgan fingerprint density at radius 2 is 1.88 bits per heavy atom. The highest BCUT2D eigenvalue weighted by Gasteiger charge is 2.07. The van der Waals surface area contributed by atoms with Gasteiger partial charge in [0.15, 0.2) is 11.5 Å². The lowest BCUT2D eigenvalue weighted by Crippen LogP contribution is -2.24. The first-order valence-electron chi connectivity index (χ1n) is 8.44. The van der Waals surface area contributed by atoms with Crippen molar-refractivity contribution < 1.29 is 14.3 Å². The standard InChI is InChI=1S/C21H25NO3S/c1-5-25-19-12-8-16(14-20(19)24-3)9-13-21(23)22(2)15-17-6-10-18(26-4)11-7-17/h6-14H,5,15H2,1-4H3/b13-9+. The van der Waals surface area contributed by atoms with E-state index in [0.717, 1.165) is 11.1 Å². The van der Waals surface area contributed by atoms with Gasteiger partial charge in [0.1, 0.15) is 0 Å². The summed E-state index contributed by atoms with van der Waals surface area (Å²) < 4.78 is 10.8. The van der Waals surface area contributed by atoms with Gasteiger partial charge in [0.05, 0.1) is 13.7 Å². The highest BCUT2D eigenvalue weighted by atomic mass is 32.2. The molecule has 0 aliphatic rings. The number of methoxy groups -OCH3 is 1. The summed E-state index contributed by atoms with van der Waals surface area (Å²) in [6.07, 6.45) is 5.41. The van der Waals surface area contributed by atoms with Crippen LogP contribution in [0.15, 0.2) is 53.4 Å². The number of amides is 1. The molecule has 0 saturated carbocycles. The van der Waals surface area contributed by atoms with Gasteiger partial charge >= 0.3 is 0 Å². The van der Waals surface area contributed by atoms with E-state index in [1.54, 1.807) is 43.0 Å². The van der Waals surface area contributed by atoms with E-state index < -0.39 is 0 Å². The topological polar surface area (TPSA) is 38.8 Å². The number of likely N-dealkylation sites (N-methyl/N-ethyl adjacent to an activating group) is 1. The molecule has 0 aliphatic carbocycles. The van der Waals surface area contributed by atoms with E-state index in [1.807, 2.05) is 31.4 Å². The van der Waals surface area contributed by atoms with Gasteiger partial charge in [-0.3, -0.25) is 4.79 Å². The van der Waals surface area contributed by atoms with Gasteiger partial charge in [0.25, 0.3) is 0 Å². The fourth-order valence-electron chi connectivity index (χ4n) is 2.44. The fraction of sp³-hybridized carbons (Fsp3) is 0.286. The summed E-state index contributed by atoms with van der Waals surface area (Å²) in [5, 5.41) is 0. The van der Waals surface area contributed by atoms with Gasteiger partial charge in [-0.1, -0.05) is 18.2 Å². The van der Waals surface area contributed by atoms with E-state index in [9.17, 15) is 4.79 Å². The molecule has 0 heterocycles. The predicted molar refractivity (Wildman–Crippen MR) is 108 cm³/mol. The minimum Gasteiger partial charge on any atom is -0.493 e. The monoisotopic (exact) mass is 371 g/mol. The minimum atomic E-state index is -0.0493. The normalized spacial score (nSPS) is 10.8. The third-order valence-electron chi connectivity index (χ3n) is 3.86. The zero-order valence-corrected chi connectivity index (χ0v) is 16.5. The second-order valence-electron chi connectivity index (χ2n) is 5.72. The van der Waals surface area contributed by atoms with Gasteiger partial charge in [-0.25, -0.2) is 0 Å². The molecule has 0 unspecified atom stereocenters. The lowest BCUT2D eigenvalue weighted by atomic mass is 10.1. The van der Waals surface area contributed by atoms with Crippen molar-refractivity contribution >= 4 is 23.7 Å². The molecule has 0 aliphatic heterocycles. The molecule has 0 bridgehead atoms. The van der Waals surface area contributed by atoms with Gasteiger partial charge in [-0.2, -0.15) is 0 Å². The Balaban J connectivity index is 2.00. The van der Waals surface area contributed by atoms with Crippen LogP contribution in [-0.4, -0.2) is 37.8 Å². The van der Waals surface area contributed by atoms with Crippen molar-refractivity contribution in [1.29, 1.82) is 0 Å². The zero-order valence-electron chi connectivity index (χ0n) is 15.7. The molecule has 138 valence electrons. The maximum Gasteiger partial charge on any atom is 0.246 e. The molecule has 0 saturated heterocycles. The van der Waals surface area contributed by atoms with Crippen molar-refractivity contribution in [1.82, 2.24) is 4.90 Å². The van der Waals surface area contributed by atoms with Crippen molar-refractivity contribution in [3.8, 4) is 11.5 Å². The van der Waals surface area contributed by atoms with E-state index in [1.165, 1.54) is 4.90 Å². The zero-order chi connectivity index (χ0) is 18.9. The van der Waals surface area contributed by atoms with Crippen LogP contribution < -0.4 is 9.47 Å². The number of thioether (sulfide) groups is 1. The van der Waals surface area contributed by atoms with E-state index in [-0.39, 0.29) is 5.91 Å². The summed E-state index contributed by atoms with van der Waals surface area (Å²) in [6, 6.07) is 13.9. The molecule has 0 fully saturated rings. The molecule has 0 atom stereocenters. The van der Waals surface area contributed by atoms with Gasteiger partial charge in [0.2, 0.25) is 5.91 Å². The van der Waals surface area contributed by atoms with Crippen molar-refractivity contribution in [3.63, 3.8) is 0 Å². The molecular weight excluding hydrogens is 346 g/mol. The average Bonchev–Trinajstić information content (AvgIpc) is 2.67. The summed E-state index contributed by atoms with van der Waals surface area (Å²) in [5.41, 5.74) is 1.99. The van der Waals surface area contributed by atoms with Crippen molar-refractivity contribution in [2.45, 2.75) is 18.4 Å². The lowest BCUT2D eigenvalue weighted by Gasteiger charge is -2.15. The Kier molecular flexibility index (Phi) is 7.60. The average molecular weight is 372 g/mol. The highest BCUT2D eigenvalue weighted by molar-refractivity contribution is 7.98. The van der Waals surface area contributed by atoms with Crippen LogP contribution in [0.2, 0.25) is 0 Å². The van der Waals surface area contributed by atoms with Crippen LogP contribution in [-0.2, 0) is 11.3 Å². The maximum atomic E-state index is 12.3. The number of carbonyl (C=O) groups excluding carboxylic acids is 1. The van der Waals surface area contributed by atoms with Crippen LogP contribution in [0.4, 0.5) is 0 Å². The van der Waals surface area contributed by atoms with E-state index >= 15 is 0 Å². The highest BCUT2D eigenvalue weighted by Crippen LogP contribution is 2.28. The molecule has 2 aromatic carbocycles. The number of benzene rings is 2. The second-order valence-corrected chi connectivity index (χ2v) is 6.60. The van der Waals surface area contributed by atoms with E-state index in [0.29, 0.717) is 24.7 Å². The van der Waals surface area contributed by atoms with E-state index in [2.05, 4.69) is 24.3 Å². The van der Waals surface area contributed by atoms with Crippen LogP contribution in [0, 0.1) is 0 Å². The molecule has 2 rings (SSSR count). The smallest absolute Gasteiger partial charge is 0.246 e. The molecular formula is C21H25NO3S. The Bertz CT molecular complexity index is 756. The van der Waals surface area contributed by atoms with Gasteiger partial charge in [0, 0.05) is 24.6 Å². The largest absolute Gasteiger partial charge is 0.493 e. The Morgan fingerprint density at radius 3 is 2.50 bits per heavy atom. The third-order valence-corrected chi connectivity index (χ3v) is 4.60. The van der Waals surface area contributed by atoms with Gasteiger partial charge in [-0.15, -0.1) is 11.8 Å². The molecule has 26 heavy (non-hydrogen) atoms. The Hall–Kier alpha value is -2.40. The summed E-state index contributed by atoms with van der Waals surface area (Å²) in [6.45, 7) is 3.08. The quantitative estimate of drug-likeness (QED) is 0.506. The van der Waals surface area contributed by atoms with Crippen LogP contribution in [0.25, 0.3) is 6.08 Å².